The maximum atomic E-state index is 12.4. The molecule has 6 heteroatoms. The summed E-state index contributed by atoms with van der Waals surface area (Å²) in [5.74, 6) is -0.0602. The summed E-state index contributed by atoms with van der Waals surface area (Å²) < 4.78 is 5.23. The number of aromatic nitrogens is 1. The van der Waals surface area contributed by atoms with E-state index in [0.717, 1.165) is 53.6 Å². The van der Waals surface area contributed by atoms with Crippen LogP contribution < -0.4 is 5.32 Å². The zero-order chi connectivity index (χ0) is 20.9. The fourth-order valence-electron chi connectivity index (χ4n) is 4.27. The molecule has 4 rings (SSSR count). The summed E-state index contributed by atoms with van der Waals surface area (Å²) in [6.07, 6.45) is 3.66. The third-order valence-corrected chi connectivity index (χ3v) is 5.60. The molecule has 1 aliphatic rings. The molecule has 1 unspecified atom stereocenters. The lowest BCUT2D eigenvalue weighted by Gasteiger charge is -2.37. The molecule has 2 N–H and O–H groups in total. The van der Waals surface area contributed by atoms with Crippen LogP contribution in [0.2, 0.25) is 0 Å². The molecule has 1 aliphatic heterocycles. The molecular weight excluding hydrogens is 378 g/mol. The molecule has 0 radical (unpaired) electrons. The Balaban J connectivity index is 1.91. The summed E-state index contributed by atoms with van der Waals surface area (Å²) >= 11 is 0. The minimum absolute atomic E-state index is 0.120. The van der Waals surface area contributed by atoms with Gasteiger partial charge in [-0.15, -0.1) is 0 Å². The summed E-state index contributed by atoms with van der Waals surface area (Å²) in [7, 11) is 0. The molecule has 2 heterocycles. The summed E-state index contributed by atoms with van der Waals surface area (Å²) in [4.78, 5) is 18.9. The van der Waals surface area contributed by atoms with Crippen molar-refractivity contribution in [3.05, 3.63) is 71.5 Å². The van der Waals surface area contributed by atoms with E-state index in [1.54, 1.807) is 19.3 Å². The number of carbonyl (C=O) groups excluding carboxylic acids is 1. The Labute approximate surface area is 176 Å². The third-order valence-electron chi connectivity index (χ3n) is 5.60. The van der Waals surface area contributed by atoms with Gasteiger partial charge in [0.2, 0.25) is 0 Å². The predicted molar refractivity (Wildman–Crippen MR) is 116 cm³/mol. The van der Waals surface area contributed by atoms with Crippen LogP contribution in [0, 0.1) is 0 Å². The van der Waals surface area contributed by atoms with E-state index in [0.29, 0.717) is 6.61 Å². The molecular formula is C24H27N3O3. The van der Waals surface area contributed by atoms with Crippen LogP contribution in [-0.2, 0) is 16.0 Å². The fraction of sp³-hybridized carbons (Fsp3) is 0.333. The molecule has 0 spiro atoms. The number of phenolic OH excluding ortho intramolecular Hbond substituents is 1. The lowest BCUT2D eigenvalue weighted by Crippen LogP contribution is -2.45. The van der Waals surface area contributed by atoms with Gasteiger partial charge in [-0.25, -0.2) is 0 Å². The topological polar surface area (TPSA) is 74.7 Å². The molecule has 0 saturated carbocycles. The van der Waals surface area contributed by atoms with E-state index < -0.39 is 0 Å². The van der Waals surface area contributed by atoms with Crippen molar-refractivity contribution >= 4 is 16.7 Å². The molecule has 0 amide bonds. The number of nitrogens with zero attached hydrogens (tertiary/aromatic N) is 2. The van der Waals surface area contributed by atoms with Gasteiger partial charge >= 0.3 is 5.97 Å². The Hall–Kier alpha value is -2.96. The number of benzene rings is 2. The molecule has 2 aromatic carbocycles. The number of pyridine rings is 1. The van der Waals surface area contributed by atoms with Crippen molar-refractivity contribution in [2.45, 2.75) is 19.4 Å². The Bertz CT molecular complexity index is 1020. The van der Waals surface area contributed by atoms with Crippen LogP contribution in [0.5, 0.6) is 5.75 Å². The average Bonchev–Trinajstić information content (AvgIpc) is 2.78. The van der Waals surface area contributed by atoms with E-state index in [1.807, 2.05) is 42.5 Å². The quantitative estimate of drug-likeness (QED) is 0.614. The van der Waals surface area contributed by atoms with Crippen molar-refractivity contribution in [3.8, 4) is 5.75 Å². The van der Waals surface area contributed by atoms with Crippen LogP contribution in [0.25, 0.3) is 10.8 Å². The molecule has 30 heavy (non-hydrogen) atoms. The van der Waals surface area contributed by atoms with Gasteiger partial charge in [-0.1, -0.05) is 24.3 Å². The Morgan fingerprint density at radius 2 is 1.93 bits per heavy atom. The van der Waals surface area contributed by atoms with Gasteiger partial charge in [0.05, 0.1) is 19.1 Å². The number of ether oxygens (including phenoxy) is 1. The summed E-state index contributed by atoms with van der Waals surface area (Å²) in [5.41, 5.74) is 2.61. The van der Waals surface area contributed by atoms with Crippen LogP contribution in [0.15, 0.2) is 54.9 Å². The van der Waals surface area contributed by atoms with Crippen LogP contribution in [0.4, 0.5) is 0 Å². The maximum Gasteiger partial charge on any atom is 0.310 e. The van der Waals surface area contributed by atoms with E-state index in [4.69, 9.17) is 4.74 Å². The highest BCUT2D eigenvalue weighted by atomic mass is 16.5. The molecule has 1 atom stereocenters. The van der Waals surface area contributed by atoms with Crippen LogP contribution in [0.3, 0.4) is 0 Å². The molecule has 3 aromatic rings. The maximum absolute atomic E-state index is 12.4. The van der Waals surface area contributed by atoms with E-state index in [2.05, 4.69) is 15.2 Å². The Morgan fingerprint density at radius 1 is 1.20 bits per heavy atom. The summed E-state index contributed by atoms with van der Waals surface area (Å²) in [6, 6.07) is 13.5. The van der Waals surface area contributed by atoms with Gasteiger partial charge in [-0.3, -0.25) is 14.7 Å². The summed E-state index contributed by atoms with van der Waals surface area (Å²) in [6.45, 7) is 5.58. The van der Waals surface area contributed by atoms with Crippen LogP contribution in [0.1, 0.15) is 29.7 Å². The lowest BCUT2D eigenvalue weighted by atomic mass is 9.88. The number of rotatable bonds is 6. The van der Waals surface area contributed by atoms with E-state index in [1.165, 1.54) is 0 Å². The average molecular weight is 405 g/mol. The smallest absolute Gasteiger partial charge is 0.310 e. The highest BCUT2D eigenvalue weighted by Crippen LogP contribution is 2.41. The van der Waals surface area contributed by atoms with Crippen molar-refractivity contribution < 1.29 is 14.6 Å². The Morgan fingerprint density at radius 3 is 2.67 bits per heavy atom. The first-order valence-corrected chi connectivity index (χ1v) is 10.4. The van der Waals surface area contributed by atoms with Gasteiger partial charge in [0.1, 0.15) is 5.75 Å². The third kappa shape index (κ3) is 4.15. The second kappa shape index (κ2) is 9.24. The number of piperazine rings is 1. The zero-order valence-electron chi connectivity index (χ0n) is 17.2. The van der Waals surface area contributed by atoms with Gasteiger partial charge in [0, 0.05) is 49.5 Å². The van der Waals surface area contributed by atoms with Crippen LogP contribution in [-0.4, -0.2) is 53.7 Å². The van der Waals surface area contributed by atoms with Crippen molar-refractivity contribution in [1.29, 1.82) is 0 Å². The number of nitrogens with one attached hydrogen (secondary N) is 1. The van der Waals surface area contributed by atoms with Gasteiger partial charge in [-0.2, -0.15) is 0 Å². The van der Waals surface area contributed by atoms with E-state index >= 15 is 0 Å². The number of fused-ring (bicyclic) bond motifs is 1. The highest BCUT2D eigenvalue weighted by Gasteiger charge is 2.30. The number of phenols is 1. The zero-order valence-corrected chi connectivity index (χ0v) is 17.2. The first kappa shape index (κ1) is 20.3. The second-order valence-corrected chi connectivity index (χ2v) is 7.47. The normalized spacial score (nSPS) is 15.8. The molecule has 6 nitrogen and oxygen atoms in total. The van der Waals surface area contributed by atoms with E-state index in [9.17, 15) is 9.90 Å². The number of carbonyl (C=O) groups is 1. The largest absolute Gasteiger partial charge is 0.507 e. The highest BCUT2D eigenvalue weighted by molar-refractivity contribution is 5.91. The van der Waals surface area contributed by atoms with E-state index in [-0.39, 0.29) is 24.2 Å². The number of aromatic hydroxyl groups is 1. The predicted octanol–water partition coefficient (Wildman–Crippen LogP) is 3.04. The SMILES string of the molecule is CCOC(=O)Cc1cc2ccccc2c(O)c1C(c1ccncc1)N1CCNCC1. The van der Waals surface area contributed by atoms with Gasteiger partial charge in [-0.05, 0) is 41.6 Å². The van der Waals surface area contributed by atoms with Gasteiger partial charge in [0.25, 0.3) is 0 Å². The monoisotopic (exact) mass is 405 g/mol. The molecule has 1 saturated heterocycles. The second-order valence-electron chi connectivity index (χ2n) is 7.47. The van der Waals surface area contributed by atoms with Crippen molar-refractivity contribution in [2.75, 3.05) is 32.8 Å². The van der Waals surface area contributed by atoms with Gasteiger partial charge in [0.15, 0.2) is 0 Å². The first-order chi connectivity index (χ1) is 14.7. The molecule has 1 fully saturated rings. The number of esters is 1. The van der Waals surface area contributed by atoms with Crippen LogP contribution >= 0.6 is 0 Å². The number of hydrogen-bond donors (Lipinski definition) is 2. The lowest BCUT2D eigenvalue weighted by molar-refractivity contribution is -0.142. The summed E-state index contributed by atoms with van der Waals surface area (Å²) in [5, 5.41) is 16.5. The minimum Gasteiger partial charge on any atom is -0.507 e. The number of hydrogen-bond acceptors (Lipinski definition) is 6. The Kier molecular flexibility index (Phi) is 6.26. The van der Waals surface area contributed by atoms with Crippen molar-refractivity contribution in [1.82, 2.24) is 15.2 Å². The van der Waals surface area contributed by atoms with Crippen molar-refractivity contribution in [3.63, 3.8) is 0 Å². The molecule has 1 aromatic heterocycles. The first-order valence-electron chi connectivity index (χ1n) is 10.4. The fourth-order valence-corrected chi connectivity index (χ4v) is 4.27. The minimum atomic E-state index is -0.290. The van der Waals surface area contributed by atoms with Gasteiger partial charge < -0.3 is 15.2 Å². The van der Waals surface area contributed by atoms with Crippen molar-refractivity contribution in [2.24, 2.45) is 0 Å². The molecule has 0 bridgehead atoms. The standard InChI is InChI=1S/C24H27N3O3/c1-2-30-21(28)16-19-15-18-5-3-4-6-20(18)24(29)22(19)23(17-7-9-25-10-8-17)27-13-11-26-12-14-27/h3-10,15,23,26,29H,2,11-14,16H2,1H3. The molecule has 156 valence electrons. The molecule has 0 aliphatic carbocycles.